The molecule has 0 radical (unpaired) electrons. The summed E-state index contributed by atoms with van der Waals surface area (Å²) in [4.78, 5) is 49.2. The van der Waals surface area contributed by atoms with Crippen molar-refractivity contribution < 1.29 is 48.8 Å². The number of amides is 1. The molecule has 0 heterocycles. The van der Waals surface area contributed by atoms with Gasteiger partial charge >= 0.3 is 74.3 Å². The fourth-order valence-electron chi connectivity index (χ4n) is 4.27. The molecule has 204 valence electrons. The number of aliphatic hydroxyl groups is 1. The van der Waals surface area contributed by atoms with E-state index in [1.807, 2.05) is 26.0 Å². The van der Waals surface area contributed by atoms with E-state index >= 15 is 0 Å². The number of carbonyl (C=O) groups excluding carboxylic acids is 1. The third-order valence-corrected chi connectivity index (χ3v) is 10.1. The van der Waals surface area contributed by atoms with Gasteiger partial charge in [0.1, 0.15) is 11.5 Å². The summed E-state index contributed by atoms with van der Waals surface area (Å²) >= 11 is 0. The van der Waals surface area contributed by atoms with Crippen LogP contribution in [-0.4, -0.2) is 105 Å². The van der Waals surface area contributed by atoms with Gasteiger partial charge in [0, 0.05) is 12.8 Å². The van der Waals surface area contributed by atoms with Gasteiger partial charge in [0.05, 0.1) is 5.69 Å². The molecule has 0 bridgehead atoms. The molecule has 1 amide bonds. The molecule has 0 saturated heterocycles. The van der Waals surface area contributed by atoms with Crippen molar-refractivity contribution in [2.75, 3.05) is 5.32 Å². The fourth-order valence-corrected chi connectivity index (χ4v) is 6.53. The van der Waals surface area contributed by atoms with Crippen molar-refractivity contribution in [1.29, 1.82) is 0 Å². The Kier molecular flexibility index (Phi) is 15.6. The SMILES string of the molecule is CCC(c1ccc(O)cc1)C(CC)c1ccc(O)c(NC(=O)CCCC(O)(P(=O)(O)O)P(=O)(O)O)c1.[NaH].[NaH]. The predicted molar refractivity (Wildman–Crippen MR) is 148 cm³/mol. The van der Waals surface area contributed by atoms with Crippen molar-refractivity contribution >= 4 is 85.9 Å². The van der Waals surface area contributed by atoms with Crippen LogP contribution in [0.15, 0.2) is 42.5 Å². The van der Waals surface area contributed by atoms with Crippen LogP contribution < -0.4 is 5.32 Å². The molecule has 2 rings (SSSR count). The van der Waals surface area contributed by atoms with Crippen molar-refractivity contribution in [2.24, 2.45) is 0 Å². The van der Waals surface area contributed by atoms with Crippen LogP contribution in [0.5, 0.6) is 11.5 Å². The molecule has 0 fully saturated rings. The molecule has 0 saturated carbocycles. The first-order chi connectivity index (χ1) is 16.6. The Morgan fingerprint density at radius 1 is 0.868 bits per heavy atom. The quantitative estimate of drug-likeness (QED) is 0.103. The summed E-state index contributed by atoms with van der Waals surface area (Å²) in [5, 5.41) is 28.7. The van der Waals surface area contributed by atoms with Crippen LogP contribution in [0.2, 0.25) is 0 Å². The van der Waals surface area contributed by atoms with E-state index < -0.39 is 45.4 Å². The van der Waals surface area contributed by atoms with E-state index in [2.05, 4.69) is 5.32 Å². The number of phenolic OH excluding ortho intramolecular Hbond substituents is 2. The molecule has 38 heavy (non-hydrogen) atoms. The van der Waals surface area contributed by atoms with Gasteiger partial charge in [0.15, 0.2) is 0 Å². The number of carbonyl (C=O) groups is 1. The minimum absolute atomic E-state index is 0. The molecule has 2 atom stereocenters. The molecule has 11 nitrogen and oxygen atoms in total. The molecule has 0 aliphatic carbocycles. The molecule has 8 N–H and O–H groups in total. The van der Waals surface area contributed by atoms with Crippen LogP contribution in [0.25, 0.3) is 0 Å². The second-order valence-electron chi connectivity index (χ2n) is 8.66. The van der Waals surface area contributed by atoms with Crippen LogP contribution in [0, 0.1) is 0 Å². The van der Waals surface area contributed by atoms with Gasteiger partial charge in [-0.1, -0.05) is 32.0 Å². The summed E-state index contributed by atoms with van der Waals surface area (Å²) in [6.07, 6.45) is -0.317. The van der Waals surface area contributed by atoms with Gasteiger partial charge < -0.3 is 40.2 Å². The number of anilines is 1. The van der Waals surface area contributed by atoms with Crippen LogP contribution in [-0.2, 0) is 13.9 Å². The summed E-state index contributed by atoms with van der Waals surface area (Å²) in [6, 6.07) is 11.8. The Bertz CT molecular complexity index is 1130. The first kappa shape index (κ1) is 37.8. The van der Waals surface area contributed by atoms with Crippen molar-refractivity contribution in [2.45, 2.75) is 62.9 Å². The zero-order valence-electron chi connectivity index (χ0n) is 20.0. The molecular weight excluding hydrogens is 558 g/mol. The van der Waals surface area contributed by atoms with E-state index in [0.717, 1.165) is 24.0 Å². The summed E-state index contributed by atoms with van der Waals surface area (Å²) < 4.78 is 22.9. The molecule has 15 heteroatoms. The Labute approximate surface area is 266 Å². The standard InChI is InChI=1S/C23H33NO10P2.2Na.2H/c1-3-18(15-7-10-17(25)11-8-15)19(4-2)16-9-12-21(26)20(14-16)24-22(27)6-5-13-23(28,35(29,30)31)36(32,33)34;;;;/h7-12,14,18-19,25-26,28H,3-6,13H2,1-2H3,(H,24,27)(H2,29,30,31)(H2,32,33,34);;;;. The predicted octanol–water partition coefficient (Wildman–Crippen LogP) is 2.60. The third kappa shape index (κ3) is 9.42. The molecule has 2 unspecified atom stereocenters. The molecule has 2 aromatic carbocycles. The Hall–Kier alpha value is -0.230. The van der Waals surface area contributed by atoms with E-state index in [0.29, 0.717) is 0 Å². The zero-order chi connectivity index (χ0) is 27.3. The van der Waals surface area contributed by atoms with Gasteiger partial charge in [-0.2, -0.15) is 0 Å². The van der Waals surface area contributed by atoms with E-state index in [9.17, 15) is 48.8 Å². The first-order valence-electron chi connectivity index (χ1n) is 11.4. The van der Waals surface area contributed by atoms with E-state index in [1.54, 1.807) is 24.3 Å². The van der Waals surface area contributed by atoms with Crippen LogP contribution in [0.4, 0.5) is 5.69 Å². The van der Waals surface area contributed by atoms with Crippen LogP contribution in [0.3, 0.4) is 0 Å². The number of phenols is 2. The van der Waals surface area contributed by atoms with Crippen molar-refractivity contribution in [3.05, 3.63) is 53.6 Å². The van der Waals surface area contributed by atoms with Gasteiger partial charge in [-0.25, -0.2) is 0 Å². The second kappa shape index (κ2) is 15.7. The number of aromatic hydroxyl groups is 2. The molecular formula is C23H35NNa2O10P2. The van der Waals surface area contributed by atoms with Crippen molar-refractivity contribution in [3.63, 3.8) is 0 Å². The monoisotopic (exact) mass is 593 g/mol. The number of rotatable bonds is 12. The fraction of sp³-hybridized carbons (Fsp3) is 0.435. The van der Waals surface area contributed by atoms with Gasteiger partial charge in [0.2, 0.25) is 5.91 Å². The number of hydrogen-bond donors (Lipinski definition) is 8. The number of hydrogen-bond acceptors (Lipinski definition) is 6. The third-order valence-electron chi connectivity index (χ3n) is 6.26. The van der Waals surface area contributed by atoms with Crippen molar-refractivity contribution in [1.82, 2.24) is 0 Å². The maximum atomic E-state index is 12.4. The average Bonchev–Trinajstić information content (AvgIpc) is 2.78. The van der Waals surface area contributed by atoms with Gasteiger partial charge in [-0.05, 0) is 66.5 Å². The normalized spacial score (nSPS) is 13.6. The first-order valence-corrected chi connectivity index (χ1v) is 14.6. The zero-order valence-corrected chi connectivity index (χ0v) is 21.8. The number of benzene rings is 2. The second-order valence-corrected chi connectivity index (χ2v) is 12.7. The average molecular weight is 593 g/mol. The number of nitrogens with one attached hydrogen (secondary N) is 1. The van der Waals surface area contributed by atoms with Gasteiger partial charge in [0.25, 0.3) is 5.08 Å². The topological polar surface area (TPSA) is 205 Å². The Balaban J connectivity index is 0.00000684. The summed E-state index contributed by atoms with van der Waals surface area (Å²) in [7, 11) is -11.2. The van der Waals surface area contributed by atoms with Gasteiger partial charge in [-0.3, -0.25) is 13.9 Å². The molecule has 0 aliphatic rings. The summed E-state index contributed by atoms with van der Waals surface area (Å²) in [6.45, 7) is 4.06. The van der Waals surface area contributed by atoms with E-state index in [-0.39, 0.29) is 88.1 Å². The van der Waals surface area contributed by atoms with Crippen molar-refractivity contribution in [3.8, 4) is 11.5 Å². The molecule has 0 aliphatic heterocycles. The summed E-state index contributed by atoms with van der Waals surface area (Å²) in [5.41, 5.74) is 1.99. The Morgan fingerprint density at radius 2 is 1.34 bits per heavy atom. The van der Waals surface area contributed by atoms with E-state index in [4.69, 9.17) is 0 Å². The minimum atomic E-state index is -5.60. The van der Waals surface area contributed by atoms with Crippen LogP contribution >= 0.6 is 15.2 Å². The van der Waals surface area contributed by atoms with E-state index in [1.165, 1.54) is 6.07 Å². The maximum absolute atomic E-state index is 12.4. The Morgan fingerprint density at radius 3 is 1.82 bits per heavy atom. The molecule has 2 aromatic rings. The van der Waals surface area contributed by atoms with Gasteiger partial charge in [-0.15, -0.1) is 0 Å². The summed E-state index contributed by atoms with van der Waals surface area (Å²) in [5.74, 6) is -0.600. The molecule has 0 aromatic heterocycles. The molecule has 0 spiro atoms. The van der Waals surface area contributed by atoms with Crippen LogP contribution in [0.1, 0.15) is 68.9 Å².